The predicted molar refractivity (Wildman–Crippen MR) is 125 cm³/mol. The van der Waals surface area contributed by atoms with Gasteiger partial charge in [0.05, 0.1) is 17.8 Å². The number of hydrogen-bond donors (Lipinski definition) is 1. The lowest BCUT2D eigenvalue weighted by Crippen LogP contribution is -2.09. The molecule has 0 saturated heterocycles. The molecular weight excluding hydrogens is 424 g/mol. The number of anilines is 2. The lowest BCUT2D eigenvalue weighted by molar-refractivity contribution is 0.112. The monoisotopic (exact) mass is 444 g/mol. The van der Waals surface area contributed by atoms with Gasteiger partial charge < -0.3 is 10.1 Å². The van der Waals surface area contributed by atoms with E-state index < -0.39 is 0 Å². The maximum absolute atomic E-state index is 11.1. The molecule has 0 bridgehead atoms. The van der Waals surface area contributed by atoms with E-state index in [1.807, 2.05) is 60.7 Å². The molecule has 0 fully saturated rings. The van der Waals surface area contributed by atoms with Gasteiger partial charge in [0.2, 0.25) is 5.95 Å². The van der Waals surface area contributed by atoms with Crippen LogP contribution in [-0.4, -0.2) is 28.3 Å². The van der Waals surface area contributed by atoms with Gasteiger partial charge in [-0.1, -0.05) is 54.1 Å². The van der Waals surface area contributed by atoms with Crippen molar-refractivity contribution in [3.05, 3.63) is 106 Å². The van der Waals surface area contributed by atoms with E-state index in [4.69, 9.17) is 16.3 Å². The predicted octanol–water partition coefficient (Wildman–Crippen LogP) is 5.27. The zero-order valence-corrected chi connectivity index (χ0v) is 18.2. The molecule has 0 aliphatic carbocycles. The second kappa shape index (κ2) is 10.0. The molecule has 3 aromatic carbocycles. The van der Waals surface area contributed by atoms with E-state index in [0.717, 1.165) is 23.2 Å². The molecule has 0 amide bonds. The van der Waals surface area contributed by atoms with Crippen molar-refractivity contribution in [2.45, 2.75) is 12.8 Å². The second-order valence-electron chi connectivity index (χ2n) is 7.16. The summed E-state index contributed by atoms with van der Waals surface area (Å²) in [6.07, 6.45) is 1.81. The van der Waals surface area contributed by atoms with Crippen molar-refractivity contribution in [2.75, 3.05) is 12.4 Å². The molecular formula is C25H21ClN4O2. The van der Waals surface area contributed by atoms with Crippen LogP contribution in [0.25, 0.3) is 0 Å². The normalized spacial score (nSPS) is 10.6. The Kier molecular flexibility index (Phi) is 6.72. The Hall–Kier alpha value is -3.77. The number of methoxy groups -OCH3 is 1. The Bertz CT molecular complexity index is 1250. The number of ether oxygens (including phenoxy) is 1. The highest BCUT2D eigenvalue weighted by atomic mass is 35.5. The topological polar surface area (TPSA) is 77.0 Å². The highest BCUT2D eigenvalue weighted by molar-refractivity contribution is 6.33. The summed E-state index contributed by atoms with van der Waals surface area (Å²) in [4.78, 5) is 25.0. The number of aromatic nitrogens is 3. The Labute approximate surface area is 191 Å². The molecule has 32 heavy (non-hydrogen) atoms. The second-order valence-corrected chi connectivity index (χ2v) is 7.57. The van der Waals surface area contributed by atoms with E-state index in [0.29, 0.717) is 46.7 Å². The first kappa shape index (κ1) is 21.5. The maximum atomic E-state index is 11.1. The first-order valence-corrected chi connectivity index (χ1v) is 10.4. The van der Waals surface area contributed by atoms with Gasteiger partial charge in [-0.25, -0.2) is 4.98 Å². The summed E-state index contributed by atoms with van der Waals surface area (Å²) < 4.78 is 5.32. The van der Waals surface area contributed by atoms with E-state index >= 15 is 0 Å². The van der Waals surface area contributed by atoms with Gasteiger partial charge in [-0.3, -0.25) is 4.79 Å². The Morgan fingerprint density at radius 3 is 2.25 bits per heavy atom. The van der Waals surface area contributed by atoms with Gasteiger partial charge in [0.1, 0.15) is 23.7 Å². The van der Waals surface area contributed by atoms with Crippen molar-refractivity contribution in [1.82, 2.24) is 15.0 Å². The minimum Gasteiger partial charge on any atom is -0.497 e. The molecule has 0 saturated carbocycles. The smallest absolute Gasteiger partial charge is 0.230 e. The number of rotatable bonds is 8. The van der Waals surface area contributed by atoms with Crippen LogP contribution in [0.15, 0.2) is 72.8 Å². The first-order valence-electron chi connectivity index (χ1n) is 10.1. The molecule has 1 heterocycles. The van der Waals surface area contributed by atoms with Crippen LogP contribution in [0.1, 0.15) is 33.1 Å². The third-order valence-corrected chi connectivity index (χ3v) is 5.12. The molecule has 0 spiro atoms. The highest BCUT2D eigenvalue weighted by Crippen LogP contribution is 2.24. The molecule has 1 N–H and O–H groups in total. The average molecular weight is 445 g/mol. The minimum absolute atomic E-state index is 0.410. The number of hydrogen-bond acceptors (Lipinski definition) is 6. The molecule has 7 heteroatoms. The summed E-state index contributed by atoms with van der Waals surface area (Å²) in [6, 6.07) is 22.6. The van der Waals surface area contributed by atoms with Crippen LogP contribution in [0.3, 0.4) is 0 Å². The summed E-state index contributed by atoms with van der Waals surface area (Å²) in [5.74, 6) is 2.39. The van der Waals surface area contributed by atoms with E-state index in [1.165, 1.54) is 0 Å². The molecule has 0 aliphatic rings. The standard InChI is InChI=1S/C25H21ClN4O2/c1-32-20-9-5-7-18(13-20)15-24-28-23(14-17-6-4-8-19(12-17)16-31)29-25(30-24)27-22-11-3-2-10-21(22)26/h2-13,16H,14-15H2,1H3,(H,27,28,29,30). The maximum Gasteiger partial charge on any atom is 0.230 e. The zero-order chi connectivity index (χ0) is 22.3. The molecule has 6 nitrogen and oxygen atoms in total. The van der Waals surface area contributed by atoms with Crippen LogP contribution < -0.4 is 10.1 Å². The van der Waals surface area contributed by atoms with Gasteiger partial charge in [0, 0.05) is 18.4 Å². The quantitative estimate of drug-likeness (QED) is 0.373. The molecule has 4 rings (SSSR count). The Morgan fingerprint density at radius 2 is 1.56 bits per heavy atom. The lowest BCUT2D eigenvalue weighted by Gasteiger charge is -2.11. The molecule has 0 atom stereocenters. The summed E-state index contributed by atoms with van der Waals surface area (Å²) in [5, 5.41) is 3.77. The largest absolute Gasteiger partial charge is 0.497 e. The van der Waals surface area contributed by atoms with Crippen molar-refractivity contribution >= 4 is 29.5 Å². The molecule has 160 valence electrons. The third kappa shape index (κ3) is 5.47. The Balaban J connectivity index is 1.68. The molecule has 0 unspecified atom stereocenters. The fourth-order valence-electron chi connectivity index (χ4n) is 3.29. The van der Waals surface area contributed by atoms with Gasteiger partial charge in [0.15, 0.2) is 0 Å². The van der Waals surface area contributed by atoms with Crippen LogP contribution in [0.4, 0.5) is 11.6 Å². The fourth-order valence-corrected chi connectivity index (χ4v) is 3.47. The lowest BCUT2D eigenvalue weighted by atomic mass is 10.1. The SMILES string of the molecule is COc1cccc(Cc2nc(Cc3cccc(C=O)c3)nc(Nc3ccccc3Cl)n2)c1. The van der Waals surface area contributed by atoms with E-state index in [1.54, 1.807) is 19.2 Å². The number of nitrogens with zero attached hydrogens (tertiary/aromatic N) is 3. The van der Waals surface area contributed by atoms with Crippen molar-refractivity contribution in [3.63, 3.8) is 0 Å². The van der Waals surface area contributed by atoms with Crippen LogP contribution in [0.5, 0.6) is 5.75 Å². The number of benzene rings is 3. The summed E-state index contributed by atoms with van der Waals surface area (Å²) in [7, 11) is 1.64. The summed E-state index contributed by atoms with van der Waals surface area (Å²) >= 11 is 6.30. The van der Waals surface area contributed by atoms with E-state index in [-0.39, 0.29) is 0 Å². The zero-order valence-electron chi connectivity index (χ0n) is 17.5. The van der Waals surface area contributed by atoms with Gasteiger partial charge in [-0.2, -0.15) is 9.97 Å². The van der Waals surface area contributed by atoms with Gasteiger partial charge in [-0.15, -0.1) is 0 Å². The highest BCUT2D eigenvalue weighted by Gasteiger charge is 2.11. The van der Waals surface area contributed by atoms with Crippen molar-refractivity contribution in [2.24, 2.45) is 0 Å². The Morgan fingerprint density at radius 1 is 0.875 bits per heavy atom. The van der Waals surface area contributed by atoms with Gasteiger partial charge >= 0.3 is 0 Å². The number of carbonyl (C=O) groups excluding carboxylic acids is 1. The van der Waals surface area contributed by atoms with Crippen LogP contribution in [-0.2, 0) is 12.8 Å². The van der Waals surface area contributed by atoms with Crippen molar-refractivity contribution in [1.29, 1.82) is 0 Å². The fraction of sp³-hybridized carbons (Fsp3) is 0.120. The molecule has 0 radical (unpaired) electrons. The first-order chi connectivity index (χ1) is 15.6. The third-order valence-electron chi connectivity index (χ3n) is 4.79. The van der Waals surface area contributed by atoms with Crippen LogP contribution >= 0.6 is 11.6 Å². The van der Waals surface area contributed by atoms with E-state index in [9.17, 15) is 4.79 Å². The molecule has 1 aromatic heterocycles. The summed E-state index contributed by atoms with van der Waals surface area (Å²) in [5.41, 5.74) is 3.29. The van der Waals surface area contributed by atoms with Crippen LogP contribution in [0, 0.1) is 0 Å². The van der Waals surface area contributed by atoms with E-state index in [2.05, 4.69) is 20.3 Å². The van der Waals surface area contributed by atoms with Gasteiger partial charge in [0.25, 0.3) is 0 Å². The van der Waals surface area contributed by atoms with Crippen molar-refractivity contribution < 1.29 is 9.53 Å². The number of para-hydroxylation sites is 1. The van der Waals surface area contributed by atoms with Gasteiger partial charge in [-0.05, 0) is 41.5 Å². The van der Waals surface area contributed by atoms with Crippen LogP contribution in [0.2, 0.25) is 5.02 Å². The molecule has 0 aliphatic heterocycles. The number of aldehydes is 1. The summed E-state index contributed by atoms with van der Waals surface area (Å²) in [6.45, 7) is 0. The number of carbonyl (C=O) groups is 1. The average Bonchev–Trinajstić information content (AvgIpc) is 2.81. The van der Waals surface area contributed by atoms with Crippen molar-refractivity contribution in [3.8, 4) is 5.75 Å². The number of nitrogens with one attached hydrogen (secondary N) is 1. The minimum atomic E-state index is 0.410. The number of halogens is 1. The molecule has 4 aromatic rings.